The lowest BCUT2D eigenvalue weighted by molar-refractivity contribution is -0.137. The van der Waals surface area contributed by atoms with Crippen LogP contribution in [0.3, 0.4) is 0 Å². The fourth-order valence-electron chi connectivity index (χ4n) is 7.06. The number of thiophene rings is 1. The maximum atomic E-state index is 14.3. The molecule has 1 aliphatic carbocycles. The van der Waals surface area contributed by atoms with Crippen LogP contribution in [0.25, 0.3) is 10.6 Å². The number of piperazine rings is 1. The second kappa shape index (κ2) is 10.9. The van der Waals surface area contributed by atoms with Gasteiger partial charge in [0.05, 0.1) is 40.5 Å². The second-order valence-corrected chi connectivity index (χ2v) is 16.0. The number of carbonyl (C=O) groups is 1. The number of rotatable bonds is 6. The predicted molar refractivity (Wildman–Crippen MR) is 167 cm³/mol. The molecule has 10 nitrogen and oxygen atoms in total. The molecule has 6 heterocycles. The molecule has 2 bridgehead atoms. The topological polar surface area (TPSA) is 108 Å². The van der Waals surface area contributed by atoms with Gasteiger partial charge in [0, 0.05) is 49.3 Å². The van der Waals surface area contributed by atoms with Crippen molar-refractivity contribution in [3.8, 4) is 10.6 Å². The van der Waals surface area contributed by atoms with Gasteiger partial charge in [-0.05, 0) is 68.5 Å². The van der Waals surface area contributed by atoms with Crippen LogP contribution in [-0.4, -0.2) is 97.9 Å². The maximum absolute atomic E-state index is 14.3. The number of aromatic nitrogens is 2. The van der Waals surface area contributed by atoms with Crippen LogP contribution in [-0.2, 0) is 20.8 Å². The molecule has 2 aromatic heterocycles. The molecular formula is C31H33F3N6O4S2. The molecule has 1 saturated carbocycles. The van der Waals surface area contributed by atoms with Crippen LogP contribution in [0.4, 0.5) is 30.5 Å². The Bertz CT molecular complexity index is 1810. The molecule has 15 heteroatoms. The van der Waals surface area contributed by atoms with E-state index >= 15 is 0 Å². The first-order chi connectivity index (χ1) is 22.0. The minimum absolute atomic E-state index is 0.000604. The van der Waals surface area contributed by atoms with Gasteiger partial charge in [-0.2, -0.15) is 13.2 Å². The number of amides is 1. The van der Waals surface area contributed by atoms with Gasteiger partial charge < -0.3 is 19.9 Å². The third-order valence-corrected chi connectivity index (χ3v) is 13.0. The summed E-state index contributed by atoms with van der Waals surface area (Å²) in [5.41, 5.74) is 1.37. The molecule has 5 aliphatic rings. The number of ether oxygens (including phenoxy) is 1. The van der Waals surface area contributed by atoms with Gasteiger partial charge >= 0.3 is 6.18 Å². The number of hydrogen-bond donors (Lipinski definition) is 1. The van der Waals surface area contributed by atoms with Gasteiger partial charge in [0.1, 0.15) is 10.4 Å². The molecule has 3 aromatic rings. The standard InChI is InChI=1S/C31H33F3N6O4S2/c1-38-19-4-5-20(38)14-39(13-19)18-6-7-24(22(10-18)17-2-3-17)36-30-35-12-23(31(32,33)34)27(37-30)25-11-26-28(45-25)29(41)40(21-15-44-16-21)8-9-46(26,42)43/h6-7,10-12,17,19-21H,2-5,8-9,13-16H2,1H3,(H,35,36,37). The highest BCUT2D eigenvalue weighted by Gasteiger charge is 2.42. The van der Waals surface area contributed by atoms with Gasteiger partial charge in [-0.25, -0.2) is 18.4 Å². The van der Waals surface area contributed by atoms with Crippen molar-refractivity contribution in [1.29, 1.82) is 0 Å². The lowest BCUT2D eigenvalue weighted by atomic mass is 10.1. The number of nitrogens with one attached hydrogen (secondary N) is 1. The highest BCUT2D eigenvalue weighted by molar-refractivity contribution is 7.91. The molecular weight excluding hydrogens is 642 g/mol. The van der Waals surface area contributed by atoms with E-state index in [1.165, 1.54) is 17.7 Å². The van der Waals surface area contributed by atoms with E-state index in [1.807, 2.05) is 12.1 Å². The van der Waals surface area contributed by atoms with Crippen molar-refractivity contribution in [1.82, 2.24) is 19.8 Å². The van der Waals surface area contributed by atoms with Gasteiger partial charge in [0.25, 0.3) is 5.91 Å². The zero-order valence-corrected chi connectivity index (χ0v) is 26.7. The van der Waals surface area contributed by atoms with Gasteiger partial charge in [-0.3, -0.25) is 9.69 Å². The van der Waals surface area contributed by atoms with Gasteiger partial charge in [0.15, 0.2) is 9.84 Å². The Morgan fingerprint density at radius 2 is 1.78 bits per heavy atom. The molecule has 8 rings (SSSR count). The lowest BCUT2D eigenvalue weighted by Gasteiger charge is -2.40. The number of anilines is 3. The first-order valence-corrected chi connectivity index (χ1v) is 18.0. The highest BCUT2D eigenvalue weighted by Crippen LogP contribution is 2.47. The number of alkyl halides is 3. The van der Waals surface area contributed by atoms with E-state index in [-0.39, 0.29) is 38.9 Å². The third kappa shape index (κ3) is 5.24. The van der Waals surface area contributed by atoms with Crippen molar-refractivity contribution in [2.24, 2.45) is 0 Å². The Balaban J connectivity index is 1.14. The molecule has 0 spiro atoms. The number of fused-ring (bicyclic) bond motifs is 3. The number of likely N-dealkylation sites (N-methyl/N-ethyl adjacent to an activating group) is 1. The van der Waals surface area contributed by atoms with Gasteiger partial charge in [0.2, 0.25) is 5.95 Å². The summed E-state index contributed by atoms with van der Waals surface area (Å²) in [7, 11) is -1.73. The van der Waals surface area contributed by atoms with E-state index in [0.717, 1.165) is 55.1 Å². The molecule has 1 N–H and O–H groups in total. The molecule has 244 valence electrons. The average Bonchev–Trinajstić information content (AvgIpc) is 3.71. The minimum atomic E-state index is -4.81. The Morgan fingerprint density at radius 1 is 1.04 bits per heavy atom. The van der Waals surface area contributed by atoms with Crippen molar-refractivity contribution in [2.45, 2.75) is 60.8 Å². The average molecular weight is 675 g/mol. The number of hydrogen-bond acceptors (Lipinski definition) is 10. The largest absolute Gasteiger partial charge is 0.420 e. The van der Waals surface area contributed by atoms with E-state index in [9.17, 15) is 26.4 Å². The second-order valence-electron chi connectivity index (χ2n) is 12.9. The molecule has 1 amide bonds. The van der Waals surface area contributed by atoms with Crippen LogP contribution in [0.15, 0.2) is 35.4 Å². The predicted octanol–water partition coefficient (Wildman–Crippen LogP) is 4.76. The zero-order chi connectivity index (χ0) is 32.0. The smallest absolute Gasteiger partial charge is 0.377 e. The van der Waals surface area contributed by atoms with Crippen LogP contribution in [0.5, 0.6) is 0 Å². The van der Waals surface area contributed by atoms with Crippen LogP contribution >= 0.6 is 11.3 Å². The third-order valence-electron chi connectivity index (χ3n) is 9.99. The number of carbonyl (C=O) groups excluding carboxylic acids is 1. The molecule has 1 aromatic carbocycles. The maximum Gasteiger partial charge on any atom is 0.420 e. The first-order valence-electron chi connectivity index (χ1n) is 15.5. The van der Waals surface area contributed by atoms with Crippen molar-refractivity contribution < 1.29 is 31.1 Å². The zero-order valence-electron chi connectivity index (χ0n) is 25.1. The monoisotopic (exact) mass is 674 g/mol. The molecule has 4 aliphatic heterocycles. The van der Waals surface area contributed by atoms with Crippen molar-refractivity contribution >= 4 is 44.4 Å². The number of benzene rings is 1. The normalized spacial score (nSPS) is 24.9. The molecule has 46 heavy (non-hydrogen) atoms. The van der Waals surface area contributed by atoms with Crippen LogP contribution < -0.4 is 10.2 Å². The van der Waals surface area contributed by atoms with Crippen molar-refractivity contribution in [3.05, 3.63) is 46.5 Å². The first kappa shape index (κ1) is 30.1. The summed E-state index contributed by atoms with van der Waals surface area (Å²) in [4.78, 5) is 27.7. The molecule has 4 fully saturated rings. The van der Waals surface area contributed by atoms with E-state index in [1.54, 1.807) is 0 Å². The summed E-state index contributed by atoms with van der Waals surface area (Å²) >= 11 is 0.716. The number of nitrogens with zero attached hydrogens (tertiary/aromatic N) is 5. The summed E-state index contributed by atoms with van der Waals surface area (Å²) in [6.07, 6.45) is 0.352. The molecule has 3 saturated heterocycles. The quantitative estimate of drug-likeness (QED) is 0.396. The number of halogens is 3. The minimum Gasteiger partial charge on any atom is -0.377 e. The van der Waals surface area contributed by atoms with E-state index in [2.05, 4.69) is 38.2 Å². The Kier molecular flexibility index (Phi) is 7.12. The number of sulfone groups is 1. The molecule has 0 radical (unpaired) electrons. The van der Waals surface area contributed by atoms with E-state index in [4.69, 9.17) is 4.74 Å². The molecule has 2 atom stereocenters. The van der Waals surface area contributed by atoms with Crippen LogP contribution in [0.1, 0.15) is 52.4 Å². The van der Waals surface area contributed by atoms with Crippen LogP contribution in [0, 0.1) is 0 Å². The summed E-state index contributed by atoms with van der Waals surface area (Å²) in [5, 5.41) is 3.16. The Morgan fingerprint density at radius 3 is 2.43 bits per heavy atom. The van der Waals surface area contributed by atoms with Crippen molar-refractivity contribution in [2.75, 3.05) is 55.9 Å². The Labute approximate surface area is 268 Å². The van der Waals surface area contributed by atoms with E-state index < -0.39 is 33.2 Å². The fourth-order valence-corrected chi connectivity index (χ4v) is 9.98. The van der Waals surface area contributed by atoms with Crippen LogP contribution in [0.2, 0.25) is 0 Å². The van der Waals surface area contributed by atoms with Gasteiger partial charge in [-0.15, -0.1) is 11.3 Å². The lowest BCUT2D eigenvalue weighted by Crippen LogP contribution is -2.52. The Hall–Kier alpha value is -3.27. The summed E-state index contributed by atoms with van der Waals surface area (Å²) in [6, 6.07) is 8.13. The van der Waals surface area contributed by atoms with Gasteiger partial charge in [-0.1, -0.05) is 0 Å². The summed E-state index contributed by atoms with van der Waals surface area (Å²) < 4.78 is 74.3. The summed E-state index contributed by atoms with van der Waals surface area (Å²) in [5.74, 6) is -0.546. The van der Waals surface area contributed by atoms with Crippen molar-refractivity contribution in [3.63, 3.8) is 0 Å². The fraction of sp³-hybridized carbons (Fsp3) is 0.516. The highest BCUT2D eigenvalue weighted by atomic mass is 32.2. The summed E-state index contributed by atoms with van der Waals surface area (Å²) in [6.45, 7) is 2.51. The van der Waals surface area contributed by atoms with E-state index in [0.29, 0.717) is 42.6 Å². The molecule has 2 unspecified atom stereocenters. The SMILES string of the molecule is CN1C2CCC1CN(c1ccc(Nc3ncc(C(F)(F)F)c(-c4cc5c(s4)C(=O)N(C4COC4)CCS5(=O)=O)n3)c(C3CC3)c1)C2.